The molecule has 0 spiro atoms. The lowest BCUT2D eigenvalue weighted by atomic mass is 9.99. The van der Waals surface area contributed by atoms with Crippen molar-refractivity contribution in [2.24, 2.45) is 5.92 Å². The smallest absolute Gasteiger partial charge is 0.265 e. The standard InChI is InChI=1S/C22H24FN3O5S/c1-13-10-18-19(31-14(2)21(27)25-18)11-20(13)32(29,30)26-9-3-4-15(12-26)22(28)24-17-7-5-16(23)6-8-17/h5-8,10-11,14-15H,3-4,9,12H2,1-2H3,(H,24,28)(H,25,27)/t14-,15+/m0/s1. The highest BCUT2D eigenvalue weighted by molar-refractivity contribution is 7.89. The Morgan fingerprint density at radius 3 is 2.69 bits per heavy atom. The van der Waals surface area contributed by atoms with E-state index in [1.807, 2.05) is 0 Å². The molecule has 0 bridgehead atoms. The van der Waals surface area contributed by atoms with E-state index in [-0.39, 0.29) is 23.3 Å². The first-order valence-electron chi connectivity index (χ1n) is 10.3. The van der Waals surface area contributed by atoms with Crippen molar-refractivity contribution in [3.8, 4) is 5.75 Å². The third kappa shape index (κ3) is 4.33. The number of hydrogen-bond acceptors (Lipinski definition) is 5. The third-order valence-electron chi connectivity index (χ3n) is 5.69. The molecule has 2 heterocycles. The van der Waals surface area contributed by atoms with Crippen molar-refractivity contribution in [3.05, 3.63) is 47.8 Å². The van der Waals surface area contributed by atoms with E-state index < -0.39 is 27.9 Å². The van der Waals surface area contributed by atoms with E-state index in [1.54, 1.807) is 19.9 Å². The molecule has 0 aromatic heterocycles. The van der Waals surface area contributed by atoms with Gasteiger partial charge >= 0.3 is 0 Å². The number of sulfonamides is 1. The zero-order chi connectivity index (χ0) is 23.0. The van der Waals surface area contributed by atoms with Gasteiger partial charge in [-0.3, -0.25) is 9.59 Å². The van der Waals surface area contributed by atoms with Gasteiger partial charge in [0, 0.05) is 24.8 Å². The number of halogens is 1. The van der Waals surface area contributed by atoms with Crippen LogP contribution in [0.4, 0.5) is 15.8 Å². The largest absolute Gasteiger partial charge is 0.479 e. The van der Waals surface area contributed by atoms with Gasteiger partial charge in [0.1, 0.15) is 11.6 Å². The second-order valence-electron chi connectivity index (χ2n) is 8.06. The average Bonchev–Trinajstić information content (AvgIpc) is 2.76. The van der Waals surface area contributed by atoms with E-state index in [2.05, 4.69) is 10.6 Å². The Morgan fingerprint density at radius 2 is 1.97 bits per heavy atom. The first-order valence-corrected chi connectivity index (χ1v) is 11.8. The molecule has 2 aromatic carbocycles. The molecular formula is C22H24FN3O5S. The van der Waals surface area contributed by atoms with E-state index in [0.29, 0.717) is 42.1 Å². The molecule has 8 nitrogen and oxygen atoms in total. The van der Waals surface area contributed by atoms with Crippen molar-refractivity contribution in [3.63, 3.8) is 0 Å². The molecule has 2 atom stereocenters. The predicted molar refractivity (Wildman–Crippen MR) is 116 cm³/mol. The Kier molecular flexibility index (Phi) is 5.91. The van der Waals surface area contributed by atoms with Gasteiger partial charge in [-0.05, 0) is 62.6 Å². The topological polar surface area (TPSA) is 105 Å². The fraction of sp³-hybridized carbons (Fsp3) is 0.364. The summed E-state index contributed by atoms with van der Waals surface area (Å²) >= 11 is 0. The maximum absolute atomic E-state index is 13.4. The van der Waals surface area contributed by atoms with Crippen molar-refractivity contribution >= 4 is 33.2 Å². The molecule has 0 radical (unpaired) electrons. The number of hydrogen-bond donors (Lipinski definition) is 2. The zero-order valence-electron chi connectivity index (χ0n) is 17.7. The van der Waals surface area contributed by atoms with Crippen LogP contribution in [0.25, 0.3) is 0 Å². The molecular weight excluding hydrogens is 437 g/mol. The van der Waals surface area contributed by atoms with Crippen LogP contribution in [0.1, 0.15) is 25.3 Å². The van der Waals surface area contributed by atoms with Crippen LogP contribution < -0.4 is 15.4 Å². The minimum atomic E-state index is -3.89. The van der Waals surface area contributed by atoms with Gasteiger partial charge in [0.05, 0.1) is 16.5 Å². The van der Waals surface area contributed by atoms with Crippen LogP contribution in [-0.2, 0) is 19.6 Å². The lowest BCUT2D eigenvalue weighted by Gasteiger charge is -2.32. The SMILES string of the molecule is Cc1cc2c(cc1S(=O)(=O)N1CCC[C@@H](C(=O)Nc3ccc(F)cc3)C1)O[C@@H](C)C(=O)N2. The maximum Gasteiger partial charge on any atom is 0.265 e. The highest BCUT2D eigenvalue weighted by Crippen LogP contribution is 2.36. The summed E-state index contributed by atoms with van der Waals surface area (Å²) in [4.78, 5) is 24.6. The van der Waals surface area contributed by atoms with Gasteiger partial charge in [0.25, 0.3) is 5.91 Å². The summed E-state index contributed by atoms with van der Waals surface area (Å²) in [5.74, 6) is -1.24. The van der Waals surface area contributed by atoms with E-state index in [9.17, 15) is 22.4 Å². The van der Waals surface area contributed by atoms with Crippen molar-refractivity contribution < 1.29 is 27.1 Å². The Labute approximate surface area is 185 Å². The third-order valence-corrected chi connectivity index (χ3v) is 7.70. The minimum absolute atomic E-state index is 0.0415. The maximum atomic E-state index is 13.4. The summed E-state index contributed by atoms with van der Waals surface area (Å²) in [6.45, 7) is 3.58. The minimum Gasteiger partial charge on any atom is -0.479 e. The van der Waals surface area contributed by atoms with Gasteiger partial charge in [0.15, 0.2) is 6.10 Å². The van der Waals surface area contributed by atoms with Gasteiger partial charge in [-0.2, -0.15) is 4.31 Å². The zero-order valence-corrected chi connectivity index (χ0v) is 18.5. The molecule has 2 aliphatic heterocycles. The summed E-state index contributed by atoms with van der Waals surface area (Å²) in [5, 5.41) is 5.43. The quantitative estimate of drug-likeness (QED) is 0.729. The summed E-state index contributed by atoms with van der Waals surface area (Å²) in [6.07, 6.45) is 0.360. The molecule has 170 valence electrons. The highest BCUT2D eigenvalue weighted by atomic mass is 32.2. The normalized spacial score (nSPS) is 21.3. The summed E-state index contributed by atoms with van der Waals surface area (Å²) in [7, 11) is -3.89. The van der Waals surface area contributed by atoms with Crippen molar-refractivity contribution in [1.82, 2.24) is 4.31 Å². The van der Waals surface area contributed by atoms with E-state index in [1.165, 1.54) is 34.6 Å². The average molecular weight is 462 g/mol. The van der Waals surface area contributed by atoms with Crippen LogP contribution in [0.15, 0.2) is 41.3 Å². The Bertz CT molecular complexity index is 1170. The van der Waals surface area contributed by atoms with Crippen LogP contribution in [-0.4, -0.2) is 43.7 Å². The molecule has 2 aliphatic rings. The Morgan fingerprint density at radius 1 is 1.25 bits per heavy atom. The number of nitrogens with one attached hydrogen (secondary N) is 2. The van der Waals surface area contributed by atoms with Gasteiger partial charge in [-0.15, -0.1) is 0 Å². The number of nitrogens with zero attached hydrogens (tertiary/aromatic N) is 1. The molecule has 2 N–H and O–H groups in total. The molecule has 0 aliphatic carbocycles. The molecule has 1 saturated heterocycles. The molecule has 10 heteroatoms. The van der Waals surface area contributed by atoms with E-state index in [4.69, 9.17) is 4.74 Å². The fourth-order valence-corrected chi connectivity index (χ4v) is 5.66. The number of ether oxygens (including phenoxy) is 1. The lowest BCUT2D eigenvalue weighted by Crippen LogP contribution is -2.44. The molecule has 2 aromatic rings. The summed E-state index contributed by atoms with van der Waals surface area (Å²) < 4.78 is 46.8. The van der Waals surface area contributed by atoms with Gasteiger partial charge in [0.2, 0.25) is 15.9 Å². The molecule has 32 heavy (non-hydrogen) atoms. The molecule has 0 unspecified atom stereocenters. The first kappa shape index (κ1) is 22.2. The number of amides is 2. The van der Waals surface area contributed by atoms with Gasteiger partial charge in [-0.25, -0.2) is 12.8 Å². The van der Waals surface area contributed by atoms with Crippen molar-refractivity contribution in [2.75, 3.05) is 23.7 Å². The number of rotatable bonds is 4. The van der Waals surface area contributed by atoms with Crippen LogP contribution in [0.5, 0.6) is 5.75 Å². The van der Waals surface area contributed by atoms with Crippen LogP contribution >= 0.6 is 0 Å². The van der Waals surface area contributed by atoms with Crippen molar-refractivity contribution in [2.45, 2.75) is 37.7 Å². The van der Waals surface area contributed by atoms with Crippen LogP contribution in [0.3, 0.4) is 0 Å². The number of carbonyl (C=O) groups excluding carboxylic acids is 2. The number of aryl methyl sites for hydroxylation is 1. The molecule has 1 fully saturated rings. The molecule has 4 rings (SSSR count). The second-order valence-corrected chi connectivity index (χ2v) is 9.97. The Hall–Kier alpha value is -2.98. The van der Waals surface area contributed by atoms with Crippen LogP contribution in [0, 0.1) is 18.7 Å². The van der Waals surface area contributed by atoms with Gasteiger partial charge in [-0.1, -0.05) is 0 Å². The Balaban J connectivity index is 1.54. The lowest BCUT2D eigenvalue weighted by molar-refractivity contribution is -0.123. The number of benzene rings is 2. The molecule has 0 saturated carbocycles. The summed E-state index contributed by atoms with van der Waals surface area (Å²) in [5.41, 5.74) is 1.36. The number of fused-ring (bicyclic) bond motifs is 1. The van der Waals surface area contributed by atoms with Crippen molar-refractivity contribution in [1.29, 1.82) is 0 Å². The highest BCUT2D eigenvalue weighted by Gasteiger charge is 2.35. The second kappa shape index (κ2) is 8.51. The fourth-order valence-electron chi connectivity index (χ4n) is 3.91. The number of anilines is 2. The summed E-state index contributed by atoms with van der Waals surface area (Å²) in [6, 6.07) is 8.42. The van der Waals surface area contributed by atoms with E-state index in [0.717, 1.165) is 0 Å². The number of carbonyl (C=O) groups is 2. The number of piperidine rings is 1. The molecule has 2 amide bonds. The van der Waals surface area contributed by atoms with E-state index >= 15 is 0 Å². The van der Waals surface area contributed by atoms with Gasteiger partial charge < -0.3 is 15.4 Å². The monoisotopic (exact) mass is 461 g/mol. The predicted octanol–water partition coefficient (Wildman–Crippen LogP) is 2.89. The first-order chi connectivity index (χ1) is 15.1. The van der Waals surface area contributed by atoms with Crippen LogP contribution in [0.2, 0.25) is 0 Å².